The predicted octanol–water partition coefficient (Wildman–Crippen LogP) is 2.82. The van der Waals surface area contributed by atoms with E-state index < -0.39 is 4.92 Å². The molecule has 18 heavy (non-hydrogen) atoms. The van der Waals surface area contributed by atoms with Crippen molar-refractivity contribution in [2.75, 3.05) is 18.5 Å². The molecule has 0 aromatic heterocycles. The fraction of sp³-hybridized carbons (Fsp3) is 0.385. The highest BCUT2D eigenvalue weighted by Gasteiger charge is 2.14. The van der Waals surface area contributed by atoms with E-state index in [9.17, 15) is 10.1 Å². The van der Waals surface area contributed by atoms with Crippen LogP contribution in [-0.4, -0.2) is 18.1 Å². The lowest BCUT2D eigenvalue weighted by Gasteiger charge is -2.08. The third kappa shape index (κ3) is 3.98. The summed E-state index contributed by atoms with van der Waals surface area (Å²) in [7, 11) is 0. The molecule has 0 saturated heterocycles. The topological polar surface area (TPSA) is 64.4 Å². The van der Waals surface area contributed by atoms with Crippen molar-refractivity contribution >= 4 is 11.4 Å². The number of rotatable bonds is 7. The Labute approximate surface area is 106 Å². The molecule has 1 rings (SSSR count). The first-order valence-electron chi connectivity index (χ1n) is 5.77. The molecule has 0 aliphatic rings. The maximum absolute atomic E-state index is 10.8. The number of nitrogens with one attached hydrogen (secondary N) is 1. The van der Waals surface area contributed by atoms with E-state index >= 15 is 0 Å². The third-order valence-electron chi connectivity index (χ3n) is 2.28. The van der Waals surface area contributed by atoms with Gasteiger partial charge in [0.25, 0.3) is 0 Å². The Bertz CT molecular complexity index is 452. The molecule has 0 radical (unpaired) electrons. The first kappa shape index (κ1) is 13.8. The van der Waals surface area contributed by atoms with Gasteiger partial charge in [0.05, 0.1) is 11.5 Å². The number of ether oxygens (including phenoxy) is 1. The van der Waals surface area contributed by atoms with Crippen LogP contribution >= 0.6 is 0 Å². The van der Waals surface area contributed by atoms with E-state index in [4.69, 9.17) is 11.2 Å². The van der Waals surface area contributed by atoms with Crippen LogP contribution in [0.15, 0.2) is 18.2 Å². The highest BCUT2D eigenvalue weighted by Crippen LogP contribution is 2.30. The summed E-state index contributed by atoms with van der Waals surface area (Å²) in [5.74, 6) is 2.84. The molecule has 0 amide bonds. The van der Waals surface area contributed by atoms with Crippen molar-refractivity contribution in [1.82, 2.24) is 0 Å². The average Bonchev–Trinajstić information content (AvgIpc) is 2.35. The van der Waals surface area contributed by atoms with Crippen molar-refractivity contribution in [1.29, 1.82) is 0 Å². The summed E-state index contributed by atoms with van der Waals surface area (Å²) in [4.78, 5) is 10.3. The normalized spacial score (nSPS) is 9.56. The molecule has 0 saturated carbocycles. The Hall–Kier alpha value is -2.22. The van der Waals surface area contributed by atoms with Crippen LogP contribution in [-0.2, 0) is 0 Å². The zero-order chi connectivity index (χ0) is 13.4. The number of nitrogens with zero attached hydrogens (tertiary/aromatic N) is 1. The van der Waals surface area contributed by atoms with Crippen LogP contribution in [0, 0.1) is 22.5 Å². The quantitative estimate of drug-likeness (QED) is 0.349. The molecular weight excluding hydrogens is 232 g/mol. The lowest BCUT2D eigenvalue weighted by atomic mass is 10.2. The number of hydrogen-bond acceptors (Lipinski definition) is 4. The minimum Gasteiger partial charge on any atom is -0.487 e. The molecular formula is C13H16N2O3. The van der Waals surface area contributed by atoms with Crippen LogP contribution in [0.2, 0.25) is 0 Å². The van der Waals surface area contributed by atoms with Crippen LogP contribution in [0.3, 0.4) is 0 Å². The summed E-state index contributed by atoms with van der Waals surface area (Å²) in [6.07, 6.45) is 6.72. The molecule has 0 bridgehead atoms. The molecule has 1 N–H and O–H groups in total. The molecule has 1 aromatic carbocycles. The summed E-state index contributed by atoms with van der Waals surface area (Å²) < 4.78 is 5.25. The molecule has 0 atom stereocenters. The molecule has 0 aliphatic carbocycles. The maximum Gasteiger partial charge on any atom is 0.311 e. The van der Waals surface area contributed by atoms with E-state index in [1.54, 1.807) is 19.1 Å². The Morgan fingerprint density at radius 2 is 2.33 bits per heavy atom. The van der Waals surface area contributed by atoms with Gasteiger partial charge in [0, 0.05) is 30.8 Å². The number of terminal acetylenes is 1. The van der Waals surface area contributed by atoms with E-state index in [1.165, 1.54) is 6.07 Å². The average molecular weight is 248 g/mol. The van der Waals surface area contributed by atoms with Gasteiger partial charge in [-0.15, -0.1) is 12.3 Å². The van der Waals surface area contributed by atoms with Crippen LogP contribution in [0.5, 0.6) is 5.75 Å². The van der Waals surface area contributed by atoms with Gasteiger partial charge in [-0.1, -0.05) is 0 Å². The molecule has 0 heterocycles. The van der Waals surface area contributed by atoms with Crippen LogP contribution in [0.1, 0.15) is 19.8 Å². The van der Waals surface area contributed by atoms with Gasteiger partial charge in [-0.3, -0.25) is 10.1 Å². The smallest absolute Gasteiger partial charge is 0.311 e. The first-order chi connectivity index (χ1) is 8.69. The van der Waals surface area contributed by atoms with Crippen molar-refractivity contribution in [3.63, 3.8) is 0 Å². The zero-order valence-corrected chi connectivity index (χ0v) is 10.3. The number of benzene rings is 1. The van der Waals surface area contributed by atoms with E-state index in [-0.39, 0.29) is 11.4 Å². The SMILES string of the molecule is C#CCCCNc1ccc([N+](=O)[O-])c(OCC)c1. The molecule has 96 valence electrons. The van der Waals surface area contributed by atoms with Gasteiger partial charge in [0.2, 0.25) is 0 Å². The van der Waals surface area contributed by atoms with E-state index in [1.807, 2.05) is 0 Å². The van der Waals surface area contributed by atoms with Gasteiger partial charge in [-0.05, 0) is 19.4 Å². The van der Waals surface area contributed by atoms with Gasteiger partial charge < -0.3 is 10.1 Å². The first-order valence-corrected chi connectivity index (χ1v) is 5.77. The summed E-state index contributed by atoms with van der Waals surface area (Å²) in [6.45, 7) is 2.91. The van der Waals surface area contributed by atoms with Crippen LogP contribution < -0.4 is 10.1 Å². The fourth-order valence-electron chi connectivity index (χ4n) is 1.47. The number of nitro benzene ring substituents is 1. The summed E-state index contributed by atoms with van der Waals surface area (Å²) in [6, 6.07) is 4.74. The van der Waals surface area contributed by atoms with Crippen molar-refractivity contribution in [2.24, 2.45) is 0 Å². The van der Waals surface area contributed by atoms with Crippen molar-refractivity contribution in [2.45, 2.75) is 19.8 Å². The van der Waals surface area contributed by atoms with E-state index in [0.29, 0.717) is 13.0 Å². The monoisotopic (exact) mass is 248 g/mol. The molecule has 0 fully saturated rings. The largest absolute Gasteiger partial charge is 0.487 e. The van der Waals surface area contributed by atoms with E-state index in [2.05, 4.69) is 11.2 Å². The Balaban J connectivity index is 2.74. The second-order valence-electron chi connectivity index (χ2n) is 3.61. The maximum atomic E-state index is 10.8. The number of hydrogen-bond donors (Lipinski definition) is 1. The second kappa shape index (κ2) is 7.17. The molecule has 0 aliphatic heterocycles. The zero-order valence-electron chi connectivity index (χ0n) is 10.3. The summed E-state index contributed by atoms with van der Waals surface area (Å²) in [5.41, 5.74) is 0.770. The lowest BCUT2D eigenvalue weighted by Crippen LogP contribution is -2.03. The minimum atomic E-state index is -0.451. The number of unbranched alkanes of at least 4 members (excludes halogenated alkanes) is 1. The van der Waals surface area contributed by atoms with Crippen LogP contribution in [0.25, 0.3) is 0 Å². The van der Waals surface area contributed by atoms with Crippen LogP contribution in [0.4, 0.5) is 11.4 Å². The minimum absolute atomic E-state index is 0.0222. The Morgan fingerprint density at radius 1 is 1.56 bits per heavy atom. The molecule has 0 unspecified atom stereocenters. The van der Waals surface area contributed by atoms with Gasteiger partial charge >= 0.3 is 5.69 Å². The van der Waals surface area contributed by atoms with Crippen molar-refractivity contribution in [3.05, 3.63) is 28.3 Å². The molecule has 5 nitrogen and oxygen atoms in total. The number of nitro groups is 1. The molecule has 1 aromatic rings. The van der Waals surface area contributed by atoms with E-state index in [0.717, 1.165) is 18.7 Å². The van der Waals surface area contributed by atoms with Gasteiger partial charge in [0.15, 0.2) is 5.75 Å². The highest BCUT2D eigenvalue weighted by atomic mass is 16.6. The van der Waals surface area contributed by atoms with Crippen molar-refractivity contribution < 1.29 is 9.66 Å². The lowest BCUT2D eigenvalue weighted by molar-refractivity contribution is -0.385. The Kier molecular flexibility index (Phi) is 5.52. The van der Waals surface area contributed by atoms with Gasteiger partial charge in [-0.25, -0.2) is 0 Å². The summed E-state index contributed by atoms with van der Waals surface area (Å²) >= 11 is 0. The third-order valence-corrected chi connectivity index (χ3v) is 2.28. The molecule has 0 spiro atoms. The predicted molar refractivity (Wildman–Crippen MR) is 70.8 cm³/mol. The second-order valence-corrected chi connectivity index (χ2v) is 3.61. The van der Waals surface area contributed by atoms with Gasteiger partial charge in [-0.2, -0.15) is 0 Å². The van der Waals surface area contributed by atoms with Crippen molar-refractivity contribution in [3.8, 4) is 18.1 Å². The number of anilines is 1. The summed E-state index contributed by atoms with van der Waals surface area (Å²) in [5, 5.41) is 13.9. The molecule has 5 heteroatoms. The van der Waals surface area contributed by atoms with Gasteiger partial charge in [0.1, 0.15) is 0 Å². The Morgan fingerprint density at radius 3 is 2.94 bits per heavy atom. The fourth-order valence-corrected chi connectivity index (χ4v) is 1.47. The highest BCUT2D eigenvalue weighted by molar-refractivity contribution is 5.57. The standard InChI is InChI=1S/C13H16N2O3/c1-3-5-6-9-14-11-7-8-12(15(16)17)13(10-11)18-4-2/h1,7-8,10,14H,4-6,9H2,2H3.